The second-order valence-corrected chi connectivity index (χ2v) is 6.30. The summed E-state index contributed by atoms with van der Waals surface area (Å²) >= 11 is 0. The van der Waals surface area contributed by atoms with E-state index in [0.29, 0.717) is 19.3 Å². The molecule has 120 valence electrons. The lowest BCUT2D eigenvalue weighted by Gasteiger charge is -2.25. The Morgan fingerprint density at radius 1 is 1.04 bits per heavy atom. The Labute approximate surface area is 137 Å². The van der Waals surface area contributed by atoms with Crippen molar-refractivity contribution in [2.75, 3.05) is 7.05 Å². The second kappa shape index (κ2) is 7.07. The maximum absolute atomic E-state index is 12.1. The zero-order chi connectivity index (χ0) is 16.2. The molecule has 1 aliphatic rings. The number of Topliss-reactive ketones (excluding diaryl/α,β-unsaturated/α-hetero) is 1. The predicted octanol–water partition coefficient (Wildman–Crippen LogP) is 3.27. The molecule has 0 aromatic heterocycles. The SMILES string of the molecule is CNCc1ccc(-c2ccc(C3CC(O)CCC3=O)cc2)cc1. The molecule has 0 saturated heterocycles. The van der Waals surface area contributed by atoms with Gasteiger partial charge >= 0.3 is 0 Å². The standard InChI is InChI=1S/C20H23NO2/c1-21-13-14-2-4-15(5-3-14)16-6-8-17(9-7-16)19-12-18(22)10-11-20(19)23/h2-9,18-19,21-22H,10-13H2,1H3. The number of nitrogens with one attached hydrogen (secondary N) is 1. The number of benzene rings is 2. The zero-order valence-corrected chi connectivity index (χ0v) is 13.5. The van der Waals surface area contributed by atoms with Crippen LogP contribution < -0.4 is 5.32 Å². The Hall–Kier alpha value is -1.97. The van der Waals surface area contributed by atoms with Gasteiger partial charge in [-0.25, -0.2) is 0 Å². The van der Waals surface area contributed by atoms with Crippen LogP contribution in [-0.4, -0.2) is 24.0 Å². The molecule has 0 amide bonds. The highest BCUT2D eigenvalue weighted by Gasteiger charge is 2.28. The average Bonchev–Trinajstić information content (AvgIpc) is 2.58. The lowest BCUT2D eigenvalue weighted by Crippen LogP contribution is -2.26. The van der Waals surface area contributed by atoms with E-state index in [1.807, 2.05) is 19.2 Å². The lowest BCUT2D eigenvalue weighted by atomic mass is 9.81. The number of aliphatic hydroxyl groups is 1. The van der Waals surface area contributed by atoms with Crippen LogP contribution in [-0.2, 0) is 11.3 Å². The normalized spacial score (nSPS) is 21.4. The number of ketones is 1. The van der Waals surface area contributed by atoms with Gasteiger partial charge in [0.15, 0.2) is 0 Å². The lowest BCUT2D eigenvalue weighted by molar-refractivity contribution is -0.123. The van der Waals surface area contributed by atoms with Crippen LogP contribution in [0.15, 0.2) is 48.5 Å². The van der Waals surface area contributed by atoms with Crippen LogP contribution in [0.3, 0.4) is 0 Å². The highest BCUT2D eigenvalue weighted by atomic mass is 16.3. The summed E-state index contributed by atoms with van der Waals surface area (Å²) in [6, 6.07) is 16.7. The van der Waals surface area contributed by atoms with Gasteiger partial charge in [-0.2, -0.15) is 0 Å². The highest BCUT2D eigenvalue weighted by molar-refractivity contribution is 5.86. The first kappa shape index (κ1) is 15.9. The van der Waals surface area contributed by atoms with E-state index in [4.69, 9.17) is 0 Å². The van der Waals surface area contributed by atoms with Gasteiger partial charge in [-0.15, -0.1) is 0 Å². The minimum absolute atomic E-state index is 0.147. The van der Waals surface area contributed by atoms with Crippen LogP contribution in [0.2, 0.25) is 0 Å². The fourth-order valence-electron chi connectivity index (χ4n) is 3.25. The maximum Gasteiger partial charge on any atom is 0.140 e. The van der Waals surface area contributed by atoms with E-state index < -0.39 is 0 Å². The van der Waals surface area contributed by atoms with Gasteiger partial charge in [0.1, 0.15) is 5.78 Å². The van der Waals surface area contributed by atoms with Crippen LogP contribution >= 0.6 is 0 Å². The molecule has 1 fully saturated rings. The van der Waals surface area contributed by atoms with Crippen molar-refractivity contribution in [1.29, 1.82) is 0 Å². The van der Waals surface area contributed by atoms with E-state index in [1.165, 1.54) is 11.1 Å². The minimum Gasteiger partial charge on any atom is -0.393 e. The van der Waals surface area contributed by atoms with Crippen LogP contribution in [0.4, 0.5) is 0 Å². The number of carbonyl (C=O) groups excluding carboxylic acids is 1. The molecule has 2 unspecified atom stereocenters. The molecule has 1 saturated carbocycles. The van der Waals surface area contributed by atoms with Crippen LogP contribution in [0.25, 0.3) is 11.1 Å². The number of carbonyl (C=O) groups is 1. The van der Waals surface area contributed by atoms with Gasteiger partial charge < -0.3 is 10.4 Å². The molecule has 3 nitrogen and oxygen atoms in total. The summed E-state index contributed by atoms with van der Waals surface area (Å²) in [5.41, 5.74) is 4.60. The molecule has 3 rings (SSSR count). The third-order valence-corrected chi connectivity index (χ3v) is 4.60. The van der Waals surface area contributed by atoms with Gasteiger partial charge in [-0.05, 0) is 42.1 Å². The number of aliphatic hydroxyl groups excluding tert-OH is 1. The van der Waals surface area contributed by atoms with E-state index in [0.717, 1.165) is 17.7 Å². The molecule has 23 heavy (non-hydrogen) atoms. The van der Waals surface area contributed by atoms with Crippen molar-refractivity contribution in [3.8, 4) is 11.1 Å². The Morgan fingerprint density at radius 2 is 1.65 bits per heavy atom. The molecule has 0 spiro atoms. The summed E-state index contributed by atoms with van der Waals surface area (Å²) in [6.07, 6.45) is 1.29. The zero-order valence-electron chi connectivity index (χ0n) is 13.5. The first-order chi connectivity index (χ1) is 11.2. The van der Waals surface area contributed by atoms with Crippen molar-refractivity contribution >= 4 is 5.78 Å². The van der Waals surface area contributed by atoms with Gasteiger partial charge in [-0.1, -0.05) is 48.5 Å². The van der Waals surface area contributed by atoms with Crippen molar-refractivity contribution in [2.45, 2.75) is 37.8 Å². The Kier molecular flexibility index (Phi) is 4.89. The van der Waals surface area contributed by atoms with Gasteiger partial charge in [0, 0.05) is 18.9 Å². The quantitative estimate of drug-likeness (QED) is 0.911. The average molecular weight is 309 g/mol. The molecule has 2 N–H and O–H groups in total. The molecule has 3 heteroatoms. The largest absolute Gasteiger partial charge is 0.393 e. The molecular formula is C20H23NO2. The van der Waals surface area contributed by atoms with Crippen molar-refractivity contribution in [3.63, 3.8) is 0 Å². The minimum atomic E-state index is -0.350. The molecule has 1 aliphatic carbocycles. The summed E-state index contributed by atoms with van der Waals surface area (Å²) < 4.78 is 0. The highest BCUT2D eigenvalue weighted by Crippen LogP contribution is 2.31. The van der Waals surface area contributed by atoms with Crippen molar-refractivity contribution in [2.24, 2.45) is 0 Å². The van der Waals surface area contributed by atoms with Gasteiger partial charge in [0.25, 0.3) is 0 Å². The Balaban J connectivity index is 1.77. The number of rotatable bonds is 4. The smallest absolute Gasteiger partial charge is 0.140 e. The molecule has 0 heterocycles. The van der Waals surface area contributed by atoms with Crippen molar-refractivity contribution in [3.05, 3.63) is 59.7 Å². The second-order valence-electron chi connectivity index (χ2n) is 6.30. The topological polar surface area (TPSA) is 49.3 Å². The van der Waals surface area contributed by atoms with Crippen LogP contribution in [0, 0.1) is 0 Å². The Morgan fingerprint density at radius 3 is 2.26 bits per heavy atom. The van der Waals surface area contributed by atoms with Crippen LogP contribution in [0.1, 0.15) is 36.3 Å². The van der Waals surface area contributed by atoms with Crippen molar-refractivity contribution < 1.29 is 9.90 Å². The monoisotopic (exact) mass is 309 g/mol. The first-order valence-corrected chi connectivity index (χ1v) is 8.22. The molecule has 0 aliphatic heterocycles. The molecule has 0 bridgehead atoms. The summed E-state index contributed by atoms with van der Waals surface area (Å²) in [4.78, 5) is 12.1. The van der Waals surface area contributed by atoms with E-state index in [-0.39, 0.29) is 17.8 Å². The fraction of sp³-hybridized carbons (Fsp3) is 0.350. The van der Waals surface area contributed by atoms with Gasteiger partial charge in [-0.3, -0.25) is 4.79 Å². The van der Waals surface area contributed by atoms with Crippen molar-refractivity contribution in [1.82, 2.24) is 5.32 Å². The third-order valence-electron chi connectivity index (χ3n) is 4.60. The van der Waals surface area contributed by atoms with E-state index in [1.54, 1.807) is 0 Å². The summed E-state index contributed by atoms with van der Waals surface area (Å²) in [7, 11) is 1.94. The predicted molar refractivity (Wildman–Crippen MR) is 92.2 cm³/mol. The molecule has 0 radical (unpaired) electrons. The van der Waals surface area contributed by atoms with Crippen LogP contribution in [0.5, 0.6) is 0 Å². The molecule has 2 aromatic carbocycles. The first-order valence-electron chi connectivity index (χ1n) is 8.22. The van der Waals surface area contributed by atoms with E-state index in [2.05, 4.69) is 41.7 Å². The summed E-state index contributed by atoms with van der Waals surface area (Å²) in [6.45, 7) is 0.866. The third kappa shape index (κ3) is 3.69. The Bertz CT molecular complexity index is 661. The summed E-state index contributed by atoms with van der Waals surface area (Å²) in [5.74, 6) is 0.102. The van der Waals surface area contributed by atoms with E-state index >= 15 is 0 Å². The van der Waals surface area contributed by atoms with Gasteiger partial charge in [0.05, 0.1) is 6.10 Å². The van der Waals surface area contributed by atoms with E-state index in [9.17, 15) is 9.90 Å². The fourth-order valence-corrected chi connectivity index (χ4v) is 3.25. The maximum atomic E-state index is 12.1. The number of hydrogen-bond acceptors (Lipinski definition) is 3. The molecule has 2 aromatic rings. The summed E-state index contributed by atoms with van der Waals surface area (Å²) in [5, 5.41) is 12.9. The number of hydrogen-bond donors (Lipinski definition) is 2. The molecular weight excluding hydrogens is 286 g/mol. The molecule has 2 atom stereocenters. The van der Waals surface area contributed by atoms with Gasteiger partial charge in [0.2, 0.25) is 0 Å².